The molecule has 0 radical (unpaired) electrons. The minimum Gasteiger partial charge on any atom is -0.360 e. The largest absolute Gasteiger partial charge is 0.360 e. The van der Waals surface area contributed by atoms with Gasteiger partial charge in [0, 0.05) is 37.5 Å². The first-order chi connectivity index (χ1) is 12.8. The van der Waals surface area contributed by atoms with Crippen LogP contribution >= 0.6 is 11.8 Å². The highest BCUT2D eigenvalue weighted by Gasteiger charge is 2.34. The van der Waals surface area contributed by atoms with Crippen LogP contribution in [0.4, 0.5) is 0 Å². The molecule has 1 aliphatic rings. The Balaban J connectivity index is 1.70. The van der Waals surface area contributed by atoms with Crippen molar-refractivity contribution >= 4 is 27.7 Å². The molecular weight excluding hydrogens is 386 g/mol. The van der Waals surface area contributed by atoms with E-state index in [1.807, 2.05) is 24.5 Å². The summed E-state index contributed by atoms with van der Waals surface area (Å²) in [5, 5.41) is 3.74. The van der Waals surface area contributed by atoms with Crippen LogP contribution in [0.1, 0.15) is 27.4 Å². The lowest BCUT2D eigenvalue weighted by molar-refractivity contribution is 0.0697. The smallest absolute Gasteiger partial charge is 0.253 e. The summed E-state index contributed by atoms with van der Waals surface area (Å²) in [5.41, 5.74) is 2.10. The normalized spacial score (nSPS) is 15.9. The Morgan fingerprint density at radius 2 is 1.93 bits per heavy atom. The number of rotatable bonds is 5. The molecule has 1 amide bonds. The number of amides is 1. The molecule has 9 heteroatoms. The summed E-state index contributed by atoms with van der Waals surface area (Å²) in [5.74, 6) is 1.08. The van der Waals surface area contributed by atoms with Gasteiger partial charge in [-0.05, 0) is 37.8 Å². The summed E-state index contributed by atoms with van der Waals surface area (Å²) >= 11 is 1.70. The van der Waals surface area contributed by atoms with Crippen LogP contribution in [0.5, 0.6) is 0 Å². The van der Waals surface area contributed by atoms with E-state index in [4.69, 9.17) is 4.52 Å². The van der Waals surface area contributed by atoms with Gasteiger partial charge in [0.1, 0.15) is 10.6 Å². The van der Waals surface area contributed by atoms with Gasteiger partial charge in [-0.15, -0.1) is 0 Å². The highest BCUT2D eigenvalue weighted by Crippen LogP contribution is 2.24. The van der Waals surface area contributed by atoms with Gasteiger partial charge in [0.25, 0.3) is 5.91 Å². The number of hydrogen-bond donors (Lipinski definition) is 0. The second kappa shape index (κ2) is 8.04. The number of carbonyl (C=O) groups is 1. The molecule has 0 spiro atoms. The first-order valence-corrected chi connectivity index (χ1v) is 11.5. The van der Waals surface area contributed by atoms with Crippen molar-refractivity contribution < 1.29 is 17.7 Å². The monoisotopic (exact) mass is 409 g/mol. The number of thioether (sulfide) groups is 1. The zero-order valence-electron chi connectivity index (χ0n) is 15.6. The fourth-order valence-electron chi connectivity index (χ4n) is 3.25. The van der Waals surface area contributed by atoms with Crippen molar-refractivity contribution in [3.8, 4) is 0 Å². The van der Waals surface area contributed by atoms with Gasteiger partial charge in [0.05, 0.1) is 0 Å². The molecule has 0 atom stereocenters. The van der Waals surface area contributed by atoms with Crippen molar-refractivity contribution in [2.75, 3.05) is 32.4 Å². The first kappa shape index (κ1) is 19.9. The molecule has 3 rings (SSSR count). The van der Waals surface area contributed by atoms with Gasteiger partial charge in [0.15, 0.2) is 5.76 Å². The molecule has 0 saturated carbocycles. The fourth-order valence-corrected chi connectivity index (χ4v) is 5.47. The molecule has 0 N–H and O–H groups in total. The summed E-state index contributed by atoms with van der Waals surface area (Å²) in [6, 6.07) is 7.60. The van der Waals surface area contributed by atoms with Crippen molar-refractivity contribution in [2.24, 2.45) is 0 Å². The van der Waals surface area contributed by atoms with E-state index in [2.05, 4.69) is 5.16 Å². The number of benzene rings is 1. The van der Waals surface area contributed by atoms with E-state index < -0.39 is 10.0 Å². The molecule has 7 nitrogen and oxygen atoms in total. The highest BCUT2D eigenvalue weighted by molar-refractivity contribution is 7.97. The lowest BCUT2D eigenvalue weighted by Gasteiger charge is -2.34. The Bertz CT molecular complexity index is 912. The van der Waals surface area contributed by atoms with Gasteiger partial charge in [0.2, 0.25) is 10.0 Å². The van der Waals surface area contributed by atoms with E-state index in [-0.39, 0.29) is 29.7 Å². The van der Waals surface area contributed by atoms with Crippen LogP contribution in [-0.4, -0.2) is 61.1 Å². The highest BCUT2D eigenvalue weighted by atomic mass is 32.2. The van der Waals surface area contributed by atoms with Crippen LogP contribution in [0.25, 0.3) is 0 Å². The van der Waals surface area contributed by atoms with Crippen molar-refractivity contribution in [1.29, 1.82) is 0 Å². The zero-order valence-corrected chi connectivity index (χ0v) is 17.3. The van der Waals surface area contributed by atoms with Crippen LogP contribution in [0.15, 0.2) is 33.7 Å². The van der Waals surface area contributed by atoms with Gasteiger partial charge >= 0.3 is 0 Å². The Labute approximate surface area is 163 Å². The number of hydrogen-bond acceptors (Lipinski definition) is 6. The van der Waals surface area contributed by atoms with Crippen LogP contribution in [-0.2, 0) is 15.8 Å². The average molecular weight is 410 g/mol. The standard InChI is InChI=1S/C18H23N3O4S2/c1-13-17(14(2)25-19-13)27(23,24)21-9-7-20(8-10-21)18(22)16-6-4-5-15(11-16)12-26-3/h4-6,11H,7-10,12H2,1-3H3. The van der Waals surface area contributed by atoms with Gasteiger partial charge in [-0.2, -0.15) is 16.1 Å². The molecule has 2 heterocycles. The Morgan fingerprint density at radius 3 is 2.52 bits per heavy atom. The molecule has 1 aliphatic heterocycles. The van der Waals surface area contributed by atoms with Crippen molar-refractivity contribution in [1.82, 2.24) is 14.4 Å². The van der Waals surface area contributed by atoms with Gasteiger partial charge in [-0.1, -0.05) is 17.3 Å². The van der Waals surface area contributed by atoms with Crippen LogP contribution < -0.4 is 0 Å². The SMILES string of the molecule is CSCc1cccc(C(=O)N2CCN(S(=O)(=O)c3c(C)noc3C)CC2)c1. The Hall–Kier alpha value is -1.84. The average Bonchev–Trinajstić information content (AvgIpc) is 3.01. The van der Waals surface area contributed by atoms with Gasteiger partial charge in [-0.3, -0.25) is 4.79 Å². The summed E-state index contributed by atoms with van der Waals surface area (Å²) < 4.78 is 32.1. The van der Waals surface area contributed by atoms with E-state index in [0.29, 0.717) is 24.3 Å². The number of aryl methyl sites for hydroxylation is 2. The van der Waals surface area contributed by atoms with Gasteiger partial charge in [-0.25, -0.2) is 8.42 Å². The molecule has 1 aromatic carbocycles. The lowest BCUT2D eigenvalue weighted by Crippen LogP contribution is -2.50. The third-order valence-electron chi connectivity index (χ3n) is 4.58. The third kappa shape index (κ3) is 4.04. The van der Waals surface area contributed by atoms with Gasteiger partial charge < -0.3 is 9.42 Å². The Kier molecular flexibility index (Phi) is 5.92. The first-order valence-electron chi connectivity index (χ1n) is 8.64. The fraction of sp³-hybridized carbons (Fsp3) is 0.444. The molecule has 27 heavy (non-hydrogen) atoms. The van der Waals surface area contributed by atoms with Crippen LogP contribution in [0.2, 0.25) is 0 Å². The molecular formula is C18H23N3O4S2. The summed E-state index contributed by atoms with van der Waals surface area (Å²) in [4.78, 5) is 14.6. The summed E-state index contributed by atoms with van der Waals surface area (Å²) in [6.45, 7) is 4.42. The topological polar surface area (TPSA) is 83.7 Å². The predicted octanol–water partition coefficient (Wildman–Crippen LogP) is 2.30. The van der Waals surface area contributed by atoms with E-state index in [0.717, 1.165) is 11.3 Å². The number of sulfonamides is 1. The number of piperazine rings is 1. The maximum absolute atomic E-state index is 12.9. The maximum atomic E-state index is 12.9. The molecule has 2 aromatic rings. The molecule has 146 valence electrons. The zero-order chi connectivity index (χ0) is 19.6. The molecule has 1 saturated heterocycles. The maximum Gasteiger partial charge on any atom is 0.253 e. The van der Waals surface area contributed by atoms with E-state index in [9.17, 15) is 13.2 Å². The van der Waals surface area contributed by atoms with Crippen LogP contribution in [0, 0.1) is 13.8 Å². The number of carbonyl (C=O) groups excluding carboxylic acids is 1. The second-order valence-corrected chi connectivity index (χ2v) is 9.22. The van der Waals surface area contributed by atoms with E-state index in [1.54, 1.807) is 36.6 Å². The number of aromatic nitrogens is 1. The summed E-state index contributed by atoms with van der Waals surface area (Å²) in [7, 11) is -3.67. The summed E-state index contributed by atoms with van der Waals surface area (Å²) in [6.07, 6.45) is 2.02. The third-order valence-corrected chi connectivity index (χ3v) is 7.34. The number of nitrogens with zero attached hydrogens (tertiary/aromatic N) is 3. The quantitative estimate of drug-likeness (QED) is 0.753. The van der Waals surface area contributed by atoms with Crippen molar-refractivity contribution in [2.45, 2.75) is 24.5 Å². The second-order valence-electron chi connectivity index (χ2n) is 6.48. The van der Waals surface area contributed by atoms with Crippen molar-refractivity contribution in [3.63, 3.8) is 0 Å². The lowest BCUT2D eigenvalue weighted by atomic mass is 10.1. The molecule has 1 fully saturated rings. The van der Waals surface area contributed by atoms with E-state index >= 15 is 0 Å². The minimum absolute atomic E-state index is 0.0626. The molecule has 0 aliphatic carbocycles. The van der Waals surface area contributed by atoms with E-state index in [1.165, 1.54) is 4.31 Å². The minimum atomic E-state index is -3.67. The molecule has 0 unspecified atom stereocenters. The Morgan fingerprint density at radius 1 is 1.22 bits per heavy atom. The van der Waals surface area contributed by atoms with Crippen LogP contribution in [0.3, 0.4) is 0 Å². The molecule has 1 aromatic heterocycles. The molecule has 0 bridgehead atoms. The van der Waals surface area contributed by atoms with Crippen molar-refractivity contribution in [3.05, 3.63) is 46.8 Å². The predicted molar refractivity (Wildman–Crippen MR) is 104 cm³/mol.